The molecule has 2 N–H and O–H groups in total. The van der Waals surface area contributed by atoms with Crippen LogP contribution >= 0.6 is 0 Å². The molecule has 2 bridgehead atoms. The monoisotopic (exact) mass is 589 g/mol. The summed E-state index contributed by atoms with van der Waals surface area (Å²) in [5.41, 5.74) is 0.930. The van der Waals surface area contributed by atoms with Crippen LogP contribution < -0.4 is 4.74 Å². The van der Waals surface area contributed by atoms with E-state index in [0.717, 1.165) is 12.0 Å². The summed E-state index contributed by atoms with van der Waals surface area (Å²) in [7, 11) is -2.41. The number of fused-ring (bicyclic) bond motifs is 2. The second-order valence-electron chi connectivity index (χ2n) is 11.8. The van der Waals surface area contributed by atoms with Gasteiger partial charge in [0.2, 0.25) is 10.0 Å². The van der Waals surface area contributed by atoms with E-state index in [1.165, 1.54) is 23.5 Å². The number of ether oxygens (including phenoxy) is 3. The van der Waals surface area contributed by atoms with Crippen LogP contribution in [-0.4, -0.2) is 74.2 Å². The lowest BCUT2D eigenvalue weighted by molar-refractivity contribution is -0.164. The molecule has 1 saturated heterocycles. The number of hydrogen-bond donors (Lipinski definition) is 2. The van der Waals surface area contributed by atoms with E-state index in [9.17, 15) is 23.4 Å². The number of carbonyl (C=O) groups is 1. The molecule has 10 heteroatoms. The smallest absolute Gasteiger partial charge is 0.306 e. The Morgan fingerprint density at radius 3 is 2.39 bits per heavy atom. The minimum atomic E-state index is -3.93. The molecule has 1 heterocycles. The van der Waals surface area contributed by atoms with Crippen LogP contribution in [0, 0.1) is 29.6 Å². The van der Waals surface area contributed by atoms with Crippen LogP contribution in [0.1, 0.15) is 39.2 Å². The highest BCUT2D eigenvalue weighted by Crippen LogP contribution is 2.44. The Hall–Kier alpha value is -2.50. The van der Waals surface area contributed by atoms with Crippen molar-refractivity contribution >= 4 is 16.0 Å². The fraction of sp³-hybridized carbons (Fsp3) is 0.581. The van der Waals surface area contributed by atoms with Crippen molar-refractivity contribution < 1.29 is 37.6 Å². The molecule has 4 rings (SSSR count). The van der Waals surface area contributed by atoms with Crippen LogP contribution in [0.3, 0.4) is 0 Å². The third-order valence-electron chi connectivity index (χ3n) is 8.32. The quantitative estimate of drug-likeness (QED) is 0.341. The van der Waals surface area contributed by atoms with Crippen LogP contribution in [0.2, 0.25) is 0 Å². The Bertz CT molecular complexity index is 1240. The van der Waals surface area contributed by atoms with Crippen molar-refractivity contribution in [1.29, 1.82) is 0 Å². The molecule has 1 aliphatic heterocycles. The lowest BCUT2D eigenvalue weighted by Gasteiger charge is -2.30. The van der Waals surface area contributed by atoms with Gasteiger partial charge in [-0.25, -0.2) is 8.42 Å². The predicted molar refractivity (Wildman–Crippen MR) is 153 cm³/mol. The third kappa shape index (κ3) is 7.67. The second kappa shape index (κ2) is 13.6. The minimum Gasteiger partial charge on any atom is -0.497 e. The molecule has 2 aromatic rings. The van der Waals surface area contributed by atoms with Gasteiger partial charge in [0, 0.05) is 36.8 Å². The number of sulfonamides is 1. The van der Waals surface area contributed by atoms with Crippen molar-refractivity contribution in [2.45, 2.75) is 63.4 Å². The molecule has 7 atom stereocenters. The molecular weight excluding hydrogens is 546 g/mol. The highest BCUT2D eigenvalue weighted by molar-refractivity contribution is 7.89. The van der Waals surface area contributed by atoms with Gasteiger partial charge in [0.15, 0.2) is 6.29 Å². The van der Waals surface area contributed by atoms with Crippen LogP contribution in [0.25, 0.3) is 0 Å². The lowest BCUT2D eigenvalue weighted by Crippen LogP contribution is -2.43. The van der Waals surface area contributed by atoms with Gasteiger partial charge in [0.1, 0.15) is 11.9 Å². The number of hydrogen-bond acceptors (Lipinski definition) is 8. The summed E-state index contributed by atoms with van der Waals surface area (Å²) in [4.78, 5) is 13.4. The first-order valence-corrected chi connectivity index (χ1v) is 15.8. The van der Waals surface area contributed by atoms with Gasteiger partial charge in [-0.1, -0.05) is 51.1 Å². The van der Waals surface area contributed by atoms with Gasteiger partial charge in [-0.15, -0.1) is 0 Å². The van der Waals surface area contributed by atoms with E-state index in [1.807, 2.05) is 51.1 Å². The van der Waals surface area contributed by atoms with Crippen molar-refractivity contribution in [3.05, 3.63) is 60.2 Å². The van der Waals surface area contributed by atoms with Gasteiger partial charge in [-0.05, 0) is 48.6 Å². The van der Waals surface area contributed by atoms with Gasteiger partial charge in [-0.3, -0.25) is 4.79 Å². The zero-order chi connectivity index (χ0) is 29.7. The van der Waals surface area contributed by atoms with E-state index in [4.69, 9.17) is 14.2 Å². The fourth-order valence-electron chi connectivity index (χ4n) is 6.07. The van der Waals surface area contributed by atoms with Gasteiger partial charge >= 0.3 is 5.97 Å². The van der Waals surface area contributed by atoms with E-state index < -0.39 is 34.3 Å². The Labute approximate surface area is 243 Å². The number of methoxy groups -OCH3 is 1. The maximum Gasteiger partial charge on any atom is 0.306 e. The number of esters is 1. The van der Waals surface area contributed by atoms with Gasteiger partial charge in [0.05, 0.1) is 31.1 Å². The molecule has 2 fully saturated rings. The van der Waals surface area contributed by atoms with Crippen molar-refractivity contribution in [2.75, 3.05) is 26.8 Å². The summed E-state index contributed by atoms with van der Waals surface area (Å²) in [6, 6.07) is 15.7. The zero-order valence-corrected chi connectivity index (χ0v) is 25.1. The topological polar surface area (TPSA) is 123 Å². The predicted octanol–water partition coefficient (Wildman–Crippen LogP) is 3.48. The van der Waals surface area contributed by atoms with Crippen molar-refractivity contribution in [2.24, 2.45) is 29.6 Å². The van der Waals surface area contributed by atoms with Crippen molar-refractivity contribution in [3.8, 4) is 5.75 Å². The largest absolute Gasteiger partial charge is 0.497 e. The average molecular weight is 590 g/mol. The molecule has 5 unspecified atom stereocenters. The zero-order valence-electron chi connectivity index (χ0n) is 24.3. The maximum absolute atomic E-state index is 13.7. The molecule has 1 saturated carbocycles. The minimum absolute atomic E-state index is 0.00791. The fourth-order valence-corrected chi connectivity index (χ4v) is 7.69. The summed E-state index contributed by atoms with van der Waals surface area (Å²) in [6.07, 6.45) is -1.30. The van der Waals surface area contributed by atoms with Crippen LogP contribution in [0.15, 0.2) is 59.5 Å². The first kappa shape index (κ1) is 31.4. The van der Waals surface area contributed by atoms with E-state index in [2.05, 4.69) is 0 Å². The molecule has 0 spiro atoms. The van der Waals surface area contributed by atoms with Crippen LogP contribution in [0.4, 0.5) is 0 Å². The molecular formula is C31H43NO8S. The summed E-state index contributed by atoms with van der Waals surface area (Å²) in [5, 5.41) is 21.7. The summed E-state index contributed by atoms with van der Waals surface area (Å²) in [5.74, 6) is -0.576. The Morgan fingerprint density at radius 1 is 1.10 bits per heavy atom. The number of nitrogens with zero attached hydrogens (tertiary/aromatic N) is 1. The van der Waals surface area contributed by atoms with Crippen molar-refractivity contribution in [1.82, 2.24) is 4.31 Å². The molecule has 0 radical (unpaired) electrons. The molecule has 41 heavy (non-hydrogen) atoms. The molecule has 226 valence electrons. The SMILES string of the molecule is COc1ccc(S(=O)(=O)N(CC(C)C)C[C@@H](O)[C@@H](CC(=O)OC2C3COC(O)C(C3)C2C)Cc2ccccc2)cc1. The molecule has 0 aromatic heterocycles. The average Bonchev–Trinajstić information content (AvgIpc) is 3.20. The normalized spacial score (nSPS) is 25.7. The number of aliphatic hydroxyl groups excluding tert-OH is 2. The first-order chi connectivity index (χ1) is 19.5. The standard InChI is InChI=1S/C31H43NO8S/c1-20(2)17-32(41(36,37)26-12-10-25(38-4)11-13-26)18-28(33)23(14-22-8-6-5-7-9-22)16-29(34)40-30-21(3)27-15-24(30)19-39-31(27)35/h5-13,20-21,23-24,27-28,30-31,33,35H,14-19H2,1-4H3/t21?,23-,24?,27?,28-,30?,31?/m1/s1. The first-order valence-electron chi connectivity index (χ1n) is 14.3. The molecule has 2 aliphatic rings. The second-order valence-corrected chi connectivity index (χ2v) is 13.7. The molecule has 2 aromatic carbocycles. The Balaban J connectivity index is 1.52. The van der Waals surface area contributed by atoms with Gasteiger partial charge in [-0.2, -0.15) is 4.31 Å². The molecule has 0 amide bonds. The molecule has 9 nitrogen and oxygen atoms in total. The summed E-state index contributed by atoms with van der Waals surface area (Å²) in [6.45, 7) is 6.18. The summed E-state index contributed by atoms with van der Waals surface area (Å²) < 4.78 is 45.2. The highest BCUT2D eigenvalue weighted by atomic mass is 32.2. The van der Waals surface area contributed by atoms with Crippen LogP contribution in [0.5, 0.6) is 5.75 Å². The summed E-state index contributed by atoms with van der Waals surface area (Å²) >= 11 is 0. The van der Waals surface area contributed by atoms with Gasteiger partial charge in [0.25, 0.3) is 0 Å². The van der Waals surface area contributed by atoms with Gasteiger partial charge < -0.3 is 24.4 Å². The molecule has 1 aliphatic carbocycles. The lowest BCUT2D eigenvalue weighted by atomic mass is 9.90. The Morgan fingerprint density at radius 2 is 1.78 bits per heavy atom. The number of benzene rings is 2. The Kier molecular flexibility index (Phi) is 10.5. The van der Waals surface area contributed by atoms with E-state index in [-0.39, 0.29) is 54.2 Å². The number of carbonyl (C=O) groups excluding carboxylic acids is 1. The van der Waals surface area contributed by atoms with E-state index >= 15 is 0 Å². The maximum atomic E-state index is 13.7. The third-order valence-corrected chi connectivity index (χ3v) is 10.2. The van der Waals surface area contributed by atoms with Crippen LogP contribution in [-0.2, 0) is 30.7 Å². The van der Waals surface area contributed by atoms with Crippen molar-refractivity contribution in [3.63, 3.8) is 0 Å². The van der Waals surface area contributed by atoms with E-state index in [1.54, 1.807) is 12.1 Å². The van der Waals surface area contributed by atoms with E-state index in [0.29, 0.717) is 18.8 Å². The highest BCUT2D eigenvalue weighted by Gasteiger charge is 2.50. The number of rotatable bonds is 13. The number of aliphatic hydroxyl groups is 2.